The van der Waals surface area contributed by atoms with Crippen molar-refractivity contribution >= 4 is 104 Å². The summed E-state index contributed by atoms with van der Waals surface area (Å²) >= 11 is 3.50. The van der Waals surface area contributed by atoms with Crippen LogP contribution in [0.5, 0.6) is 17.6 Å². The molecule has 4 aliphatic rings. The molecule has 0 amide bonds. The van der Waals surface area contributed by atoms with Crippen LogP contribution in [0.2, 0.25) is 0 Å². The number of hydrogen-bond donors (Lipinski definition) is 7. The number of fused-ring (bicyclic) bond motifs is 3. The minimum Gasteiger partial charge on any atom is -0.473 e. The van der Waals surface area contributed by atoms with E-state index in [1.807, 2.05) is 210 Å². The summed E-state index contributed by atoms with van der Waals surface area (Å²) < 4.78 is 51.0. The third kappa shape index (κ3) is 25.3. The fourth-order valence-electron chi connectivity index (χ4n) is 11.1. The van der Waals surface area contributed by atoms with Crippen LogP contribution in [-0.2, 0) is 59.0 Å². The van der Waals surface area contributed by atoms with Crippen molar-refractivity contribution in [3.63, 3.8) is 0 Å². The maximum absolute atomic E-state index is 9.60. The number of hydrogen-bond acceptors (Lipinski definition) is 25. The molecule has 578 valence electrons. The highest BCUT2D eigenvalue weighted by molar-refractivity contribution is 9.10. The highest BCUT2D eigenvalue weighted by atomic mass is 79.9. The topological polar surface area (TPSA) is 373 Å². The predicted octanol–water partition coefficient (Wildman–Crippen LogP) is 10.00. The number of nitrogens with two attached hydrogens (primary N) is 4. The lowest BCUT2D eigenvalue weighted by Gasteiger charge is -2.32. The average Bonchev–Trinajstić information content (AvgIpc) is 1.65. The molecule has 31 heteroatoms. The van der Waals surface area contributed by atoms with Crippen LogP contribution < -0.4 is 63.8 Å². The number of nitrogens with one attached hydrogen (secondary N) is 3. The number of nitrogen functional groups attached to an aromatic ring is 2. The van der Waals surface area contributed by atoms with Crippen molar-refractivity contribution in [2.75, 3.05) is 55.7 Å². The molecular weight excluding hydrogens is 1430 g/mol. The van der Waals surface area contributed by atoms with Crippen molar-refractivity contribution in [1.82, 2.24) is 59.6 Å². The Labute approximate surface area is 636 Å². The molecular formula is C76H108BBrN18O11. The number of hydrazine groups is 1. The average molecular weight is 1540 g/mol. The van der Waals surface area contributed by atoms with Gasteiger partial charge in [-0.1, -0.05) is 36.4 Å². The van der Waals surface area contributed by atoms with Crippen LogP contribution in [0.15, 0.2) is 120 Å². The largest absolute Gasteiger partial charge is 0.494 e. The molecule has 4 fully saturated rings. The first-order valence-electron chi connectivity index (χ1n) is 35.6. The van der Waals surface area contributed by atoms with Crippen LogP contribution in [0.25, 0.3) is 55.4 Å². The highest BCUT2D eigenvalue weighted by Gasteiger charge is 2.51. The molecule has 10 heterocycles. The first-order valence-corrected chi connectivity index (χ1v) is 36.4. The summed E-state index contributed by atoms with van der Waals surface area (Å²) in [5, 5.41) is 14.8. The second-order valence-electron chi connectivity index (χ2n) is 29.8. The van der Waals surface area contributed by atoms with Gasteiger partial charge in [0.25, 0.3) is 19.4 Å². The van der Waals surface area contributed by atoms with Crippen molar-refractivity contribution in [1.29, 1.82) is 0 Å². The zero-order chi connectivity index (χ0) is 78.3. The summed E-state index contributed by atoms with van der Waals surface area (Å²) in [6.45, 7) is 31.9. The highest BCUT2D eigenvalue weighted by Crippen LogP contribution is 2.38. The molecule has 0 spiro atoms. The molecule has 0 bridgehead atoms. The van der Waals surface area contributed by atoms with Crippen LogP contribution in [0.3, 0.4) is 0 Å². The number of piperidine rings is 3. The van der Waals surface area contributed by atoms with E-state index in [0.29, 0.717) is 37.1 Å². The number of benzene rings is 3. The van der Waals surface area contributed by atoms with Gasteiger partial charge in [-0.2, -0.15) is 20.1 Å². The van der Waals surface area contributed by atoms with E-state index < -0.39 is 0 Å². The second-order valence-corrected chi connectivity index (χ2v) is 30.7. The van der Waals surface area contributed by atoms with E-state index in [4.69, 9.17) is 46.7 Å². The molecule has 3 aromatic carbocycles. The van der Waals surface area contributed by atoms with Crippen molar-refractivity contribution in [3.05, 3.63) is 115 Å². The molecule has 9 aromatic rings. The molecule has 29 nitrogen and oxygen atoms in total. The van der Waals surface area contributed by atoms with Crippen molar-refractivity contribution in [3.8, 4) is 39.9 Å². The van der Waals surface area contributed by atoms with Gasteiger partial charge in [-0.3, -0.25) is 19.4 Å². The van der Waals surface area contributed by atoms with Crippen LogP contribution in [0, 0.1) is 0 Å². The third-order valence-electron chi connectivity index (χ3n) is 17.4. The first kappa shape index (κ1) is 84.8. The third-order valence-corrected chi connectivity index (χ3v) is 17.9. The van der Waals surface area contributed by atoms with Gasteiger partial charge in [0.15, 0.2) is 0 Å². The fourth-order valence-corrected chi connectivity index (χ4v) is 11.7. The number of aryl methyl sites for hydroxylation is 3. The fraction of sp³-hybridized carbons (Fsp3) is 0.474. The van der Waals surface area contributed by atoms with Crippen molar-refractivity contribution < 1.29 is 52.1 Å². The molecule has 0 unspecified atom stereocenters. The summed E-state index contributed by atoms with van der Waals surface area (Å²) in [5.41, 5.74) is 22.8. The van der Waals surface area contributed by atoms with Gasteiger partial charge in [0.05, 0.1) is 21.4 Å². The number of aromatic nitrogens is 9. The molecule has 0 radical (unpaired) electrons. The lowest BCUT2D eigenvalue weighted by Crippen LogP contribution is -2.41. The quantitative estimate of drug-likeness (QED) is 0.00777. The molecule has 4 aliphatic heterocycles. The van der Waals surface area contributed by atoms with E-state index >= 15 is 0 Å². The molecule has 0 atom stereocenters. The van der Waals surface area contributed by atoms with E-state index in [1.54, 1.807) is 19.0 Å². The molecule has 13 rings (SSSR count). The van der Waals surface area contributed by atoms with Gasteiger partial charge in [-0.15, -0.1) is 0 Å². The minimum absolute atomic E-state index is 0.178. The standard InChI is InChI=1S/C19H24N8O.C18H21N5O.C12H18BNO2.C12H15BrN4O.3C5H10O2/c1-26-10-16(13-2-4-14(5-3-13)27(21)12-25-20)17-18(26)19(24-11-23-17)28-15-6-8-22-9-7-15;1-23-10-15(12-2-4-13(19)5-3-12)16-17(23)18(22-11-21-16)24-14-6-8-20-9-7-14;1-11(2)12(3,4)16-13(15-11)9-5-7-10(14)8-6-9;1-17-6-9(13)10-11(17)12(16-7-15-10)18-8-2-4-14-5-3-8;3*1-5(2,3)7-4-6/h2-5,10-12,15,22H,6-9,20-21H2,1H3;2-5,10-11,14,20H,6-9,19H2,1H3;5-8H,14H2,1-4H3;6-8,14H,2-5H2,1H3;3*4H,1-3H3/b25-12-;;;;;;. The molecule has 6 aromatic heterocycles. The van der Waals surface area contributed by atoms with Gasteiger partial charge in [0, 0.05) is 62.2 Å². The Morgan fingerprint density at radius 2 is 0.832 bits per heavy atom. The zero-order valence-corrected chi connectivity index (χ0v) is 66.2. The second kappa shape index (κ2) is 38.9. The number of halogens is 1. The first-order chi connectivity index (χ1) is 50.6. The van der Waals surface area contributed by atoms with Gasteiger partial charge in [-0.05, 0) is 237 Å². The molecule has 107 heavy (non-hydrogen) atoms. The van der Waals surface area contributed by atoms with Gasteiger partial charge < -0.3 is 84.7 Å². The van der Waals surface area contributed by atoms with E-state index in [2.05, 4.69) is 87.3 Å². The molecule has 0 saturated carbocycles. The van der Waals surface area contributed by atoms with Gasteiger partial charge in [0.2, 0.25) is 17.6 Å². The van der Waals surface area contributed by atoms with Crippen LogP contribution in [0.1, 0.15) is 129 Å². The van der Waals surface area contributed by atoms with Gasteiger partial charge in [0.1, 0.15) is 93.5 Å². The lowest BCUT2D eigenvalue weighted by molar-refractivity contribution is -0.139. The minimum atomic E-state index is -0.318. The van der Waals surface area contributed by atoms with E-state index in [0.717, 1.165) is 160 Å². The summed E-state index contributed by atoms with van der Waals surface area (Å²) in [4.78, 5) is 55.2. The Morgan fingerprint density at radius 1 is 0.514 bits per heavy atom. The number of anilines is 3. The van der Waals surface area contributed by atoms with E-state index in [1.165, 1.54) is 11.3 Å². The summed E-state index contributed by atoms with van der Waals surface area (Å²) in [7, 11) is 5.66. The number of hydrazone groups is 1. The molecule has 4 saturated heterocycles. The number of carbonyl (C=O) groups excluding carboxylic acids is 3. The number of carbonyl (C=O) groups is 3. The summed E-state index contributed by atoms with van der Waals surface area (Å²) in [6, 6.07) is 23.2. The predicted molar refractivity (Wildman–Crippen MR) is 425 cm³/mol. The van der Waals surface area contributed by atoms with Crippen LogP contribution >= 0.6 is 15.9 Å². The normalized spacial score (nSPS) is 15.9. The van der Waals surface area contributed by atoms with Crippen molar-refractivity contribution in [2.24, 2.45) is 37.9 Å². The van der Waals surface area contributed by atoms with Crippen LogP contribution in [-0.4, -0.2) is 162 Å². The van der Waals surface area contributed by atoms with Crippen molar-refractivity contribution in [2.45, 2.75) is 175 Å². The maximum Gasteiger partial charge on any atom is 0.494 e. The Hall–Kier alpha value is -9.50. The molecule has 11 N–H and O–H groups in total. The number of ether oxygens (including phenoxy) is 6. The Balaban J connectivity index is 0.000000185. The smallest absolute Gasteiger partial charge is 0.473 e. The Morgan fingerprint density at radius 3 is 1.16 bits per heavy atom. The summed E-state index contributed by atoms with van der Waals surface area (Å²) in [5.74, 6) is 13.0. The SMILES string of the molecule is CC(C)(C)OC=O.CC(C)(C)OC=O.CC(C)(C)OC=O.CC1(C)OB(c2ccc(N)cc2)OC1(C)C.Cn1cc(-c2ccc(N(N)/C=N\N)cc2)c2ncnc(OC3CCNCC3)c21.Cn1cc(-c2ccc(N)cc2)c2ncnc(OC3CCNCC3)c21.Cn1cc(Br)c2ncnc(OC3CCNCC3)c21. The lowest BCUT2D eigenvalue weighted by atomic mass is 9.79. The van der Waals surface area contributed by atoms with Crippen LogP contribution in [0.4, 0.5) is 17.1 Å². The monoisotopic (exact) mass is 1540 g/mol. The Bertz CT molecular complexity index is 4230. The van der Waals surface area contributed by atoms with E-state index in [9.17, 15) is 14.4 Å². The van der Waals surface area contributed by atoms with Gasteiger partial charge >= 0.3 is 7.12 Å². The van der Waals surface area contributed by atoms with E-state index in [-0.39, 0.29) is 53.4 Å². The zero-order valence-electron chi connectivity index (χ0n) is 64.6. The molecule has 0 aliphatic carbocycles. The van der Waals surface area contributed by atoms with Gasteiger partial charge in [-0.25, -0.2) is 20.8 Å². The number of nitrogens with zero attached hydrogens (tertiary/aromatic N) is 11. The Kier molecular flexibility index (Phi) is 30.8. The maximum atomic E-state index is 9.60. The number of rotatable bonds is 14. The summed E-state index contributed by atoms with van der Waals surface area (Å²) in [6.07, 6.45) is 18.8.